The summed E-state index contributed by atoms with van der Waals surface area (Å²) in [6.07, 6.45) is 6.54. The number of piperidine rings is 2. The molecule has 4 heterocycles. The van der Waals surface area contributed by atoms with Crippen LogP contribution in [0.1, 0.15) is 72.2 Å². The zero-order valence-corrected chi connectivity index (χ0v) is 29.0. The van der Waals surface area contributed by atoms with Crippen LogP contribution in [-0.4, -0.2) is 77.4 Å². The Balaban J connectivity index is 0.850. The lowest BCUT2D eigenvalue weighted by atomic mass is 9.69. The molecule has 264 valence electrons. The van der Waals surface area contributed by atoms with Crippen molar-refractivity contribution in [3.63, 3.8) is 0 Å². The van der Waals surface area contributed by atoms with E-state index in [2.05, 4.69) is 85.8 Å². The van der Waals surface area contributed by atoms with Crippen molar-refractivity contribution in [2.75, 3.05) is 55.6 Å². The topological polar surface area (TPSA) is 111 Å². The first kappa shape index (κ1) is 33.2. The third kappa shape index (κ3) is 7.02. The zero-order chi connectivity index (χ0) is 34.9. The lowest BCUT2D eigenvalue weighted by molar-refractivity contribution is -0.136. The maximum Gasteiger partial charge on any atom is 0.269 e. The van der Waals surface area contributed by atoms with Gasteiger partial charge in [-0.05, 0) is 90.5 Å². The van der Waals surface area contributed by atoms with E-state index in [1.807, 2.05) is 12.1 Å². The number of carbonyl (C=O) groups is 2. The highest BCUT2D eigenvalue weighted by Crippen LogP contribution is 2.47. The maximum atomic E-state index is 12.9. The summed E-state index contributed by atoms with van der Waals surface area (Å²) in [4.78, 5) is 43.9. The molecule has 0 saturated carbocycles. The molecule has 3 atom stereocenters. The summed E-state index contributed by atoms with van der Waals surface area (Å²) in [5.74, 6) is 0.889. The summed E-state index contributed by atoms with van der Waals surface area (Å²) in [6, 6.07) is 26.9. The Hall–Kier alpha value is -4.96. The standard InChI is InChI=1S/C41H46N6O4/c48-34-11-13-36-31(24-34)8-12-35(29-4-2-1-3-5-29)40(36)30-6-9-32(10-7-30)45-18-16-28(17-19-45)27-44-20-22-46(23-21-44)33-25-39(50)47(42-26-33)37-14-15-38(49)43-41(37)51/h1-7,9-11,13,24-26,28,35,37,40,48H,8,12,14-23,27H2,(H,43,49,51)/t35-,37?,40+/m1/s1. The lowest BCUT2D eigenvalue weighted by Gasteiger charge is -2.40. The van der Waals surface area contributed by atoms with Crippen molar-refractivity contribution in [3.05, 3.63) is 118 Å². The fourth-order valence-corrected chi connectivity index (χ4v) is 8.83. The Morgan fingerprint density at radius 3 is 2.20 bits per heavy atom. The largest absolute Gasteiger partial charge is 0.508 e. The fourth-order valence-electron chi connectivity index (χ4n) is 8.83. The third-order valence-electron chi connectivity index (χ3n) is 11.6. The molecular formula is C41H46N6O4. The summed E-state index contributed by atoms with van der Waals surface area (Å²) in [5.41, 5.74) is 7.05. The Bertz CT molecular complexity index is 1930. The van der Waals surface area contributed by atoms with Crippen LogP contribution in [0, 0.1) is 5.92 Å². The minimum Gasteiger partial charge on any atom is -0.508 e. The molecule has 1 unspecified atom stereocenters. The molecule has 10 nitrogen and oxygen atoms in total. The lowest BCUT2D eigenvalue weighted by Crippen LogP contribution is -2.49. The number of benzene rings is 3. The third-order valence-corrected chi connectivity index (χ3v) is 11.6. The minimum atomic E-state index is -0.740. The highest BCUT2D eigenvalue weighted by atomic mass is 16.3. The number of phenolic OH excluding ortho intramolecular Hbond substituents is 1. The monoisotopic (exact) mass is 686 g/mol. The van der Waals surface area contributed by atoms with Gasteiger partial charge >= 0.3 is 0 Å². The van der Waals surface area contributed by atoms with Gasteiger partial charge in [0.25, 0.3) is 11.5 Å². The number of phenols is 1. The van der Waals surface area contributed by atoms with Gasteiger partial charge in [-0.25, -0.2) is 4.68 Å². The number of anilines is 2. The van der Waals surface area contributed by atoms with Gasteiger partial charge in [0, 0.05) is 69.9 Å². The molecule has 2 N–H and O–H groups in total. The van der Waals surface area contributed by atoms with Gasteiger partial charge < -0.3 is 14.9 Å². The van der Waals surface area contributed by atoms with Crippen LogP contribution >= 0.6 is 0 Å². The first-order chi connectivity index (χ1) is 24.9. The summed E-state index contributed by atoms with van der Waals surface area (Å²) in [6.45, 7) is 6.72. The number of carbonyl (C=O) groups excluding carboxylic acids is 2. The summed E-state index contributed by atoms with van der Waals surface area (Å²) in [7, 11) is 0. The predicted molar refractivity (Wildman–Crippen MR) is 197 cm³/mol. The number of hydrogen-bond donors (Lipinski definition) is 2. The number of aryl methyl sites for hydroxylation is 1. The number of aromatic nitrogens is 2. The summed E-state index contributed by atoms with van der Waals surface area (Å²) < 4.78 is 1.20. The molecule has 1 aromatic heterocycles. The molecule has 4 aromatic rings. The van der Waals surface area contributed by atoms with E-state index in [-0.39, 0.29) is 23.8 Å². The van der Waals surface area contributed by atoms with Crippen LogP contribution in [0.2, 0.25) is 0 Å². The molecule has 3 aromatic carbocycles. The molecule has 0 bridgehead atoms. The van der Waals surface area contributed by atoms with E-state index in [1.54, 1.807) is 12.3 Å². The van der Waals surface area contributed by atoms with Crippen molar-refractivity contribution in [3.8, 4) is 5.75 Å². The van der Waals surface area contributed by atoms with Crippen LogP contribution in [0.25, 0.3) is 0 Å². The van der Waals surface area contributed by atoms with Gasteiger partial charge in [0.1, 0.15) is 11.8 Å². The highest BCUT2D eigenvalue weighted by Gasteiger charge is 2.33. The van der Waals surface area contributed by atoms with Gasteiger partial charge in [0.05, 0.1) is 11.9 Å². The molecular weight excluding hydrogens is 640 g/mol. The SMILES string of the molecule is O=C1CCC(n2ncc(N3CCN(CC4CCN(c5ccc([C@@H]6c7ccc(O)cc7CC[C@@H]6c6ccccc6)cc5)CC4)CC3)cc2=O)C(=O)N1. The van der Waals surface area contributed by atoms with E-state index in [0.29, 0.717) is 24.0 Å². The first-order valence-corrected chi connectivity index (χ1v) is 18.5. The number of rotatable bonds is 7. The minimum absolute atomic E-state index is 0.209. The summed E-state index contributed by atoms with van der Waals surface area (Å²) >= 11 is 0. The highest BCUT2D eigenvalue weighted by molar-refractivity contribution is 5.99. The molecule has 2 amide bonds. The van der Waals surface area contributed by atoms with E-state index in [4.69, 9.17) is 0 Å². The van der Waals surface area contributed by atoms with Gasteiger partial charge in [-0.1, -0.05) is 48.5 Å². The average Bonchev–Trinajstić information content (AvgIpc) is 3.16. The molecule has 0 spiro atoms. The quantitative estimate of drug-likeness (QED) is 0.266. The number of imide groups is 1. The van der Waals surface area contributed by atoms with Crippen molar-refractivity contribution < 1.29 is 14.7 Å². The van der Waals surface area contributed by atoms with Crippen LogP contribution < -0.4 is 20.7 Å². The normalized spacial score (nSPS) is 23.2. The van der Waals surface area contributed by atoms with E-state index in [9.17, 15) is 19.5 Å². The van der Waals surface area contributed by atoms with Crippen LogP contribution in [0.5, 0.6) is 5.75 Å². The number of fused-ring (bicyclic) bond motifs is 1. The van der Waals surface area contributed by atoms with Gasteiger partial charge in [0.2, 0.25) is 5.91 Å². The zero-order valence-electron chi connectivity index (χ0n) is 29.0. The second-order valence-corrected chi connectivity index (χ2v) is 14.7. The number of hydrogen-bond acceptors (Lipinski definition) is 8. The Labute approximate surface area is 298 Å². The van der Waals surface area contributed by atoms with E-state index in [1.165, 1.54) is 45.5 Å². The first-order valence-electron chi connectivity index (χ1n) is 18.5. The van der Waals surface area contributed by atoms with Crippen molar-refractivity contribution in [1.82, 2.24) is 20.0 Å². The number of nitrogens with zero attached hydrogens (tertiary/aromatic N) is 5. The van der Waals surface area contributed by atoms with Gasteiger partial charge in [-0.15, -0.1) is 0 Å². The van der Waals surface area contributed by atoms with Crippen molar-refractivity contribution in [1.29, 1.82) is 0 Å². The second-order valence-electron chi connectivity index (χ2n) is 14.7. The fraction of sp³-hybridized carbons (Fsp3) is 0.415. The Morgan fingerprint density at radius 1 is 0.725 bits per heavy atom. The number of amides is 2. The number of piperazine rings is 1. The second kappa shape index (κ2) is 14.3. The van der Waals surface area contributed by atoms with Crippen LogP contribution in [0.4, 0.5) is 11.4 Å². The molecule has 0 radical (unpaired) electrons. The smallest absolute Gasteiger partial charge is 0.269 e. The predicted octanol–water partition coefficient (Wildman–Crippen LogP) is 4.83. The molecule has 1 aliphatic carbocycles. The molecule has 10 heteroatoms. The van der Waals surface area contributed by atoms with E-state index in [0.717, 1.165) is 64.3 Å². The van der Waals surface area contributed by atoms with Crippen molar-refractivity contribution in [2.24, 2.45) is 5.92 Å². The van der Waals surface area contributed by atoms with E-state index < -0.39 is 11.9 Å². The Kier molecular flexibility index (Phi) is 9.34. The average molecular weight is 687 g/mol. The van der Waals surface area contributed by atoms with Gasteiger partial charge in [-0.2, -0.15) is 5.10 Å². The molecule has 4 aliphatic rings. The molecule has 3 fully saturated rings. The molecule has 8 rings (SSSR count). The van der Waals surface area contributed by atoms with Crippen LogP contribution in [0.3, 0.4) is 0 Å². The van der Waals surface area contributed by atoms with Gasteiger partial charge in [-0.3, -0.25) is 24.6 Å². The van der Waals surface area contributed by atoms with Crippen molar-refractivity contribution >= 4 is 23.2 Å². The maximum absolute atomic E-state index is 12.9. The summed E-state index contributed by atoms with van der Waals surface area (Å²) in [5, 5.41) is 16.8. The van der Waals surface area contributed by atoms with Gasteiger partial charge in [0.15, 0.2) is 0 Å². The number of aromatic hydroxyl groups is 1. The van der Waals surface area contributed by atoms with Crippen LogP contribution in [0.15, 0.2) is 89.9 Å². The molecule has 51 heavy (non-hydrogen) atoms. The van der Waals surface area contributed by atoms with E-state index >= 15 is 0 Å². The molecule has 3 saturated heterocycles. The number of nitrogens with one attached hydrogen (secondary N) is 1. The van der Waals surface area contributed by atoms with Crippen LogP contribution in [-0.2, 0) is 16.0 Å². The Morgan fingerprint density at radius 2 is 1.47 bits per heavy atom. The molecule has 3 aliphatic heterocycles. The van der Waals surface area contributed by atoms with Crippen molar-refractivity contribution in [2.45, 2.75) is 56.4 Å².